The van der Waals surface area contributed by atoms with Crippen molar-refractivity contribution in [2.75, 3.05) is 5.32 Å². The molecule has 25 heavy (non-hydrogen) atoms. The van der Waals surface area contributed by atoms with E-state index in [0.29, 0.717) is 21.8 Å². The Kier molecular flexibility index (Phi) is 3.87. The molecule has 0 atom stereocenters. The van der Waals surface area contributed by atoms with Gasteiger partial charge >= 0.3 is 11.8 Å². The number of aromatic nitrogens is 3. The topological polar surface area (TPSA) is 80.9 Å². The molecular weight excluding hydrogens is 340 g/mol. The second kappa shape index (κ2) is 6.33. The van der Waals surface area contributed by atoms with Gasteiger partial charge in [0.15, 0.2) is 0 Å². The summed E-state index contributed by atoms with van der Waals surface area (Å²) in [5.41, 5.74) is 1.95. The molecule has 2 aromatic heterocycles. The third kappa shape index (κ3) is 3.07. The Balaban J connectivity index is 1.60. The monoisotopic (exact) mass is 350 g/mol. The highest BCUT2D eigenvalue weighted by atomic mass is 35.5. The Bertz CT molecular complexity index is 1050. The highest BCUT2D eigenvalue weighted by Crippen LogP contribution is 2.23. The van der Waals surface area contributed by atoms with Crippen LogP contribution in [0.3, 0.4) is 0 Å². The minimum atomic E-state index is -0.495. The Hall–Kier alpha value is -3.25. The zero-order chi connectivity index (χ0) is 17.2. The van der Waals surface area contributed by atoms with Crippen LogP contribution in [0.15, 0.2) is 65.2 Å². The number of hydrogen-bond acceptors (Lipinski definition) is 5. The lowest BCUT2D eigenvalue weighted by Gasteiger charge is -2.05. The van der Waals surface area contributed by atoms with Gasteiger partial charge < -0.3 is 9.73 Å². The summed E-state index contributed by atoms with van der Waals surface area (Å²) in [4.78, 5) is 16.7. The fourth-order valence-electron chi connectivity index (χ4n) is 2.40. The first-order chi connectivity index (χ1) is 12.2. The maximum absolute atomic E-state index is 12.4. The lowest BCUT2D eigenvalue weighted by atomic mass is 10.2. The van der Waals surface area contributed by atoms with Crippen molar-refractivity contribution in [2.24, 2.45) is 0 Å². The molecule has 0 bridgehead atoms. The molecule has 0 saturated carbocycles. The largest absolute Gasteiger partial charge is 0.412 e. The number of hydrogen-bond donors (Lipinski definition) is 1. The molecule has 122 valence electrons. The van der Waals surface area contributed by atoms with E-state index in [1.165, 1.54) is 0 Å². The second-order valence-electron chi connectivity index (χ2n) is 5.25. The van der Waals surface area contributed by atoms with Crippen LogP contribution in [0, 0.1) is 0 Å². The zero-order valence-corrected chi connectivity index (χ0v) is 13.6. The molecular formula is C18H11ClN4O2. The number of nitrogens with zero attached hydrogens (tertiary/aromatic N) is 3. The van der Waals surface area contributed by atoms with Crippen LogP contribution in [0.1, 0.15) is 10.7 Å². The summed E-state index contributed by atoms with van der Waals surface area (Å²) in [5.74, 6) is -0.374. The summed E-state index contributed by atoms with van der Waals surface area (Å²) >= 11 is 5.86. The van der Waals surface area contributed by atoms with Crippen LogP contribution in [-0.2, 0) is 0 Å². The van der Waals surface area contributed by atoms with Crippen molar-refractivity contribution in [1.29, 1.82) is 0 Å². The van der Waals surface area contributed by atoms with E-state index in [2.05, 4.69) is 20.5 Å². The number of anilines is 1. The number of pyridine rings is 1. The van der Waals surface area contributed by atoms with Crippen molar-refractivity contribution in [3.05, 3.63) is 71.7 Å². The van der Waals surface area contributed by atoms with Gasteiger partial charge in [-0.15, -0.1) is 10.2 Å². The molecule has 6 nitrogen and oxygen atoms in total. The third-order valence-electron chi connectivity index (χ3n) is 3.59. The molecule has 0 radical (unpaired) electrons. The van der Waals surface area contributed by atoms with Crippen molar-refractivity contribution in [3.8, 4) is 11.5 Å². The van der Waals surface area contributed by atoms with E-state index in [9.17, 15) is 4.79 Å². The van der Waals surface area contributed by atoms with Gasteiger partial charge in [0.2, 0.25) is 5.89 Å². The van der Waals surface area contributed by atoms with E-state index in [4.69, 9.17) is 16.0 Å². The Morgan fingerprint density at radius 3 is 2.64 bits per heavy atom. The van der Waals surface area contributed by atoms with Gasteiger partial charge in [0.1, 0.15) is 0 Å². The number of para-hydroxylation sites is 1. The van der Waals surface area contributed by atoms with E-state index >= 15 is 0 Å². The molecule has 0 unspecified atom stereocenters. The summed E-state index contributed by atoms with van der Waals surface area (Å²) in [7, 11) is 0. The normalized spacial score (nSPS) is 10.8. The predicted octanol–water partition coefficient (Wildman–Crippen LogP) is 4.19. The molecule has 0 fully saturated rings. The Morgan fingerprint density at radius 2 is 1.80 bits per heavy atom. The number of nitrogens with one attached hydrogen (secondary N) is 1. The Labute approximate surface area is 147 Å². The van der Waals surface area contributed by atoms with Crippen molar-refractivity contribution >= 4 is 34.1 Å². The molecule has 2 heterocycles. The van der Waals surface area contributed by atoms with Crippen LogP contribution in [0.5, 0.6) is 0 Å². The fourth-order valence-corrected chi connectivity index (χ4v) is 2.53. The first-order valence-corrected chi connectivity index (χ1v) is 7.83. The molecule has 0 aliphatic carbocycles. The number of carbonyl (C=O) groups is 1. The first-order valence-electron chi connectivity index (χ1n) is 7.45. The smallest absolute Gasteiger partial charge is 0.313 e. The van der Waals surface area contributed by atoms with Gasteiger partial charge in [-0.25, -0.2) is 0 Å². The van der Waals surface area contributed by atoms with Crippen LogP contribution in [0.2, 0.25) is 5.02 Å². The number of benzene rings is 2. The molecule has 0 spiro atoms. The number of fused-ring (bicyclic) bond motifs is 1. The summed E-state index contributed by atoms with van der Waals surface area (Å²) < 4.78 is 5.46. The standard InChI is InChI=1S/C18H11ClN4O2/c19-13-8-6-12(7-9-13)17-22-23-18(25-17)16(24)21-14-5-1-3-11-4-2-10-20-15(11)14/h1-10H,(H,21,24). The van der Waals surface area contributed by atoms with Crippen molar-refractivity contribution in [2.45, 2.75) is 0 Å². The fraction of sp³-hybridized carbons (Fsp3) is 0. The minimum Gasteiger partial charge on any atom is -0.412 e. The van der Waals surface area contributed by atoms with Gasteiger partial charge in [0.25, 0.3) is 0 Å². The highest BCUT2D eigenvalue weighted by molar-refractivity contribution is 6.30. The molecule has 0 aliphatic rings. The van der Waals surface area contributed by atoms with E-state index < -0.39 is 5.91 Å². The minimum absolute atomic E-state index is 0.127. The number of carbonyl (C=O) groups excluding carboxylic acids is 1. The van der Waals surface area contributed by atoms with Gasteiger partial charge in [-0.05, 0) is 36.4 Å². The van der Waals surface area contributed by atoms with Crippen LogP contribution in [0.4, 0.5) is 5.69 Å². The summed E-state index contributed by atoms with van der Waals surface area (Å²) in [6.45, 7) is 0. The van der Waals surface area contributed by atoms with E-state index in [0.717, 1.165) is 5.39 Å². The van der Waals surface area contributed by atoms with E-state index in [-0.39, 0.29) is 11.8 Å². The van der Waals surface area contributed by atoms with Gasteiger partial charge in [0.05, 0.1) is 11.2 Å². The molecule has 0 aliphatic heterocycles. The molecule has 7 heteroatoms. The predicted molar refractivity (Wildman–Crippen MR) is 94.4 cm³/mol. The summed E-state index contributed by atoms with van der Waals surface area (Å²) in [5, 5.41) is 12.0. The maximum Gasteiger partial charge on any atom is 0.313 e. The van der Waals surface area contributed by atoms with Crippen molar-refractivity contribution in [3.63, 3.8) is 0 Å². The quantitative estimate of drug-likeness (QED) is 0.599. The van der Waals surface area contributed by atoms with E-state index in [1.807, 2.05) is 24.3 Å². The van der Waals surface area contributed by atoms with Gasteiger partial charge in [0, 0.05) is 22.2 Å². The third-order valence-corrected chi connectivity index (χ3v) is 3.84. The van der Waals surface area contributed by atoms with Crippen molar-refractivity contribution < 1.29 is 9.21 Å². The summed E-state index contributed by atoms with van der Waals surface area (Å²) in [6.07, 6.45) is 1.67. The SMILES string of the molecule is O=C(Nc1cccc2cccnc12)c1nnc(-c2ccc(Cl)cc2)o1. The van der Waals surface area contributed by atoms with Crippen LogP contribution in [0.25, 0.3) is 22.4 Å². The lowest BCUT2D eigenvalue weighted by molar-refractivity contribution is 0.0991. The lowest BCUT2D eigenvalue weighted by Crippen LogP contribution is -2.12. The van der Waals surface area contributed by atoms with Gasteiger partial charge in [-0.2, -0.15) is 0 Å². The van der Waals surface area contributed by atoms with Crippen LogP contribution >= 0.6 is 11.6 Å². The molecule has 4 aromatic rings. The maximum atomic E-state index is 12.4. The molecule has 2 aromatic carbocycles. The van der Waals surface area contributed by atoms with E-state index in [1.54, 1.807) is 36.5 Å². The summed E-state index contributed by atoms with van der Waals surface area (Å²) in [6, 6.07) is 16.2. The second-order valence-corrected chi connectivity index (χ2v) is 5.69. The number of rotatable bonds is 3. The van der Waals surface area contributed by atoms with Gasteiger partial charge in [-0.3, -0.25) is 9.78 Å². The Morgan fingerprint density at radius 1 is 1.00 bits per heavy atom. The van der Waals surface area contributed by atoms with Crippen molar-refractivity contribution in [1.82, 2.24) is 15.2 Å². The highest BCUT2D eigenvalue weighted by Gasteiger charge is 2.17. The first kappa shape index (κ1) is 15.3. The molecule has 1 amide bonds. The number of halogens is 1. The van der Waals surface area contributed by atoms with Crippen LogP contribution in [-0.4, -0.2) is 21.1 Å². The molecule has 4 rings (SSSR count). The van der Waals surface area contributed by atoms with Crippen LogP contribution < -0.4 is 5.32 Å². The molecule has 0 saturated heterocycles. The number of amides is 1. The molecule has 1 N–H and O–H groups in total. The van der Waals surface area contributed by atoms with Gasteiger partial charge in [-0.1, -0.05) is 29.8 Å². The average molecular weight is 351 g/mol. The average Bonchev–Trinajstić information content (AvgIpc) is 3.13. The zero-order valence-electron chi connectivity index (χ0n) is 12.8.